The lowest BCUT2D eigenvalue weighted by atomic mass is 9.98. The molecule has 0 aliphatic carbocycles. The maximum atomic E-state index is 13.7. The summed E-state index contributed by atoms with van der Waals surface area (Å²) >= 11 is 0. The van der Waals surface area contributed by atoms with Crippen LogP contribution in [0.15, 0.2) is 36.4 Å². The Morgan fingerprint density at radius 1 is 1.21 bits per heavy atom. The van der Waals surface area contributed by atoms with Crippen LogP contribution >= 0.6 is 0 Å². The average molecular weight is 260 g/mol. The lowest BCUT2D eigenvalue weighted by Gasteiger charge is -2.12. The van der Waals surface area contributed by atoms with Crippen molar-refractivity contribution in [3.8, 4) is 22.6 Å². The monoisotopic (exact) mass is 260 g/mol. The number of phenols is 1. The van der Waals surface area contributed by atoms with Crippen LogP contribution in [-0.4, -0.2) is 18.0 Å². The Hall–Kier alpha value is -2.36. The molecule has 2 aromatic rings. The zero-order chi connectivity index (χ0) is 13.8. The van der Waals surface area contributed by atoms with E-state index in [-0.39, 0.29) is 22.6 Å². The third-order valence-electron chi connectivity index (χ3n) is 2.76. The molecule has 0 bridgehead atoms. The molecule has 98 valence electrons. The van der Waals surface area contributed by atoms with Crippen molar-refractivity contribution >= 4 is 6.29 Å². The molecule has 0 aliphatic rings. The van der Waals surface area contributed by atoms with Crippen LogP contribution in [0.2, 0.25) is 0 Å². The van der Waals surface area contributed by atoms with E-state index in [1.165, 1.54) is 12.1 Å². The SMILES string of the molecule is CCOc1ccc(-c2ccccc2F)c(C=O)c1O. The van der Waals surface area contributed by atoms with Crippen LogP contribution in [0.5, 0.6) is 11.5 Å². The summed E-state index contributed by atoms with van der Waals surface area (Å²) in [4.78, 5) is 11.2. The fourth-order valence-corrected chi connectivity index (χ4v) is 1.89. The van der Waals surface area contributed by atoms with Crippen LogP contribution in [0, 0.1) is 5.82 Å². The first-order chi connectivity index (χ1) is 9.19. The van der Waals surface area contributed by atoms with Gasteiger partial charge >= 0.3 is 0 Å². The molecule has 0 aliphatic heterocycles. The number of hydrogen-bond donors (Lipinski definition) is 1. The summed E-state index contributed by atoms with van der Waals surface area (Å²) < 4.78 is 18.9. The molecule has 3 nitrogen and oxygen atoms in total. The first kappa shape index (κ1) is 13.1. The number of aromatic hydroxyl groups is 1. The van der Waals surface area contributed by atoms with Crippen molar-refractivity contribution in [3.05, 3.63) is 47.8 Å². The number of halogens is 1. The van der Waals surface area contributed by atoms with Gasteiger partial charge in [-0.05, 0) is 30.7 Å². The summed E-state index contributed by atoms with van der Waals surface area (Å²) in [6.45, 7) is 2.13. The van der Waals surface area contributed by atoms with Gasteiger partial charge in [0.15, 0.2) is 17.8 Å². The molecule has 0 unspecified atom stereocenters. The summed E-state index contributed by atoms with van der Waals surface area (Å²) in [6, 6.07) is 9.17. The van der Waals surface area contributed by atoms with E-state index in [1.807, 2.05) is 0 Å². The molecule has 0 spiro atoms. The van der Waals surface area contributed by atoms with Crippen LogP contribution in [0.4, 0.5) is 4.39 Å². The fraction of sp³-hybridized carbons (Fsp3) is 0.133. The molecule has 0 atom stereocenters. The Morgan fingerprint density at radius 2 is 1.95 bits per heavy atom. The molecule has 2 aromatic carbocycles. The second-order valence-corrected chi connectivity index (χ2v) is 3.90. The van der Waals surface area contributed by atoms with Crippen molar-refractivity contribution in [2.45, 2.75) is 6.92 Å². The lowest BCUT2D eigenvalue weighted by molar-refractivity contribution is 0.112. The van der Waals surface area contributed by atoms with Crippen LogP contribution in [0.1, 0.15) is 17.3 Å². The van der Waals surface area contributed by atoms with Gasteiger partial charge in [0.2, 0.25) is 0 Å². The van der Waals surface area contributed by atoms with E-state index in [0.717, 1.165) is 0 Å². The minimum Gasteiger partial charge on any atom is -0.504 e. The summed E-state index contributed by atoms with van der Waals surface area (Å²) in [5.74, 6) is -0.503. The number of ether oxygens (including phenoxy) is 1. The van der Waals surface area contributed by atoms with E-state index in [1.54, 1.807) is 31.2 Å². The Balaban J connectivity index is 2.62. The molecule has 0 saturated carbocycles. The van der Waals surface area contributed by atoms with Gasteiger partial charge in [-0.3, -0.25) is 4.79 Å². The molecule has 2 rings (SSSR count). The second-order valence-electron chi connectivity index (χ2n) is 3.90. The molecule has 1 N–H and O–H groups in total. The van der Waals surface area contributed by atoms with Crippen molar-refractivity contribution in [1.82, 2.24) is 0 Å². The van der Waals surface area contributed by atoms with Crippen LogP contribution < -0.4 is 4.74 Å². The third-order valence-corrected chi connectivity index (χ3v) is 2.76. The number of carbonyl (C=O) groups is 1. The lowest BCUT2D eigenvalue weighted by Crippen LogP contribution is -1.97. The number of aldehydes is 1. The summed E-state index contributed by atoms with van der Waals surface area (Å²) in [6.07, 6.45) is 0.500. The van der Waals surface area contributed by atoms with Crippen LogP contribution in [0.3, 0.4) is 0 Å². The Bertz CT molecular complexity index is 608. The van der Waals surface area contributed by atoms with Gasteiger partial charge in [0.05, 0.1) is 12.2 Å². The largest absolute Gasteiger partial charge is 0.504 e. The number of carbonyl (C=O) groups excluding carboxylic acids is 1. The van der Waals surface area contributed by atoms with Crippen molar-refractivity contribution in [2.75, 3.05) is 6.61 Å². The van der Waals surface area contributed by atoms with Crippen molar-refractivity contribution in [2.24, 2.45) is 0 Å². The summed E-state index contributed by atoms with van der Waals surface area (Å²) in [5.41, 5.74) is 0.632. The van der Waals surface area contributed by atoms with E-state index < -0.39 is 5.82 Å². The smallest absolute Gasteiger partial charge is 0.169 e. The van der Waals surface area contributed by atoms with Crippen LogP contribution in [-0.2, 0) is 0 Å². The third kappa shape index (κ3) is 2.42. The molecule has 0 aromatic heterocycles. The number of benzene rings is 2. The van der Waals surface area contributed by atoms with Gasteiger partial charge in [0.1, 0.15) is 5.82 Å². The Labute approximate surface area is 110 Å². The first-order valence-electron chi connectivity index (χ1n) is 5.87. The van der Waals surface area contributed by atoms with Crippen molar-refractivity contribution in [3.63, 3.8) is 0 Å². The molecule has 19 heavy (non-hydrogen) atoms. The highest BCUT2D eigenvalue weighted by atomic mass is 19.1. The number of phenolic OH excluding ortho intramolecular Hbond substituents is 1. The van der Waals surface area contributed by atoms with E-state index >= 15 is 0 Å². The highest BCUT2D eigenvalue weighted by molar-refractivity contribution is 5.92. The topological polar surface area (TPSA) is 46.5 Å². The zero-order valence-electron chi connectivity index (χ0n) is 10.4. The highest BCUT2D eigenvalue weighted by Crippen LogP contribution is 2.37. The predicted octanol–water partition coefficient (Wildman–Crippen LogP) is 3.41. The second kappa shape index (κ2) is 5.52. The molecule has 0 radical (unpaired) electrons. The van der Waals surface area contributed by atoms with E-state index in [0.29, 0.717) is 18.5 Å². The standard InChI is InChI=1S/C15H13FO3/c1-2-19-14-8-7-10(12(9-17)15(14)18)11-5-3-4-6-13(11)16/h3-9,18H,2H2,1H3. The van der Waals surface area contributed by atoms with Gasteiger partial charge in [-0.25, -0.2) is 4.39 Å². The number of rotatable bonds is 4. The van der Waals surface area contributed by atoms with Gasteiger partial charge in [0.25, 0.3) is 0 Å². The molecular weight excluding hydrogens is 247 g/mol. The van der Waals surface area contributed by atoms with Gasteiger partial charge in [-0.15, -0.1) is 0 Å². The molecule has 0 saturated heterocycles. The quantitative estimate of drug-likeness (QED) is 0.857. The Morgan fingerprint density at radius 3 is 2.58 bits per heavy atom. The zero-order valence-corrected chi connectivity index (χ0v) is 10.4. The molecule has 0 fully saturated rings. The van der Waals surface area contributed by atoms with Gasteiger partial charge in [0, 0.05) is 5.56 Å². The average Bonchev–Trinajstić information content (AvgIpc) is 2.42. The summed E-state index contributed by atoms with van der Waals surface area (Å²) in [7, 11) is 0. The maximum Gasteiger partial charge on any atom is 0.169 e. The molecule has 0 heterocycles. The van der Waals surface area contributed by atoms with Crippen LogP contribution in [0.25, 0.3) is 11.1 Å². The van der Waals surface area contributed by atoms with E-state index in [2.05, 4.69) is 0 Å². The minimum atomic E-state index is -0.450. The van der Waals surface area contributed by atoms with E-state index in [9.17, 15) is 14.3 Å². The number of hydrogen-bond acceptors (Lipinski definition) is 3. The van der Waals surface area contributed by atoms with Gasteiger partial charge in [-0.1, -0.05) is 18.2 Å². The molecule has 4 heteroatoms. The van der Waals surface area contributed by atoms with Gasteiger partial charge in [-0.2, -0.15) is 0 Å². The summed E-state index contributed by atoms with van der Waals surface area (Å²) in [5, 5.41) is 9.97. The first-order valence-corrected chi connectivity index (χ1v) is 5.87. The fourth-order valence-electron chi connectivity index (χ4n) is 1.89. The van der Waals surface area contributed by atoms with E-state index in [4.69, 9.17) is 4.74 Å². The molecular formula is C15H13FO3. The normalized spacial score (nSPS) is 10.2. The predicted molar refractivity (Wildman–Crippen MR) is 70.1 cm³/mol. The molecule has 0 amide bonds. The van der Waals surface area contributed by atoms with Crippen molar-refractivity contribution < 1.29 is 19.0 Å². The van der Waals surface area contributed by atoms with Crippen molar-refractivity contribution in [1.29, 1.82) is 0 Å². The minimum absolute atomic E-state index is 0.0241. The highest BCUT2D eigenvalue weighted by Gasteiger charge is 2.16. The Kier molecular flexibility index (Phi) is 3.80. The maximum absolute atomic E-state index is 13.7. The van der Waals surface area contributed by atoms with Gasteiger partial charge < -0.3 is 9.84 Å².